The smallest absolute Gasteiger partial charge is 0.255 e. The molecule has 0 aliphatic carbocycles. The van der Waals surface area contributed by atoms with Crippen LogP contribution >= 0.6 is 15.9 Å². The van der Waals surface area contributed by atoms with Gasteiger partial charge in [-0.05, 0) is 17.7 Å². The number of rotatable bonds is 3. The number of amides is 1. The Balaban J connectivity index is 2.71. The molecule has 0 aliphatic heterocycles. The third kappa shape index (κ3) is 3.62. The molecule has 0 fully saturated rings. The van der Waals surface area contributed by atoms with E-state index in [1.54, 1.807) is 19.1 Å². The van der Waals surface area contributed by atoms with Crippen molar-refractivity contribution in [3.63, 3.8) is 0 Å². The number of hydrazine groups is 1. The monoisotopic (exact) mass is 271 g/mol. The summed E-state index contributed by atoms with van der Waals surface area (Å²) in [5.41, 5.74) is 9.19. The second-order valence-electron chi connectivity index (χ2n) is 3.40. The van der Waals surface area contributed by atoms with Crippen molar-refractivity contribution in [2.24, 2.45) is 5.73 Å². The zero-order valence-electron chi connectivity index (χ0n) is 8.70. The van der Waals surface area contributed by atoms with E-state index in [9.17, 15) is 4.79 Å². The van der Waals surface area contributed by atoms with Crippen LogP contribution in [-0.2, 0) is 4.79 Å². The van der Waals surface area contributed by atoms with Gasteiger partial charge in [0.2, 0.25) is 0 Å². The lowest BCUT2D eigenvalue weighted by atomic mass is 10.1. The Morgan fingerprint density at radius 3 is 2.40 bits per heavy atom. The maximum atomic E-state index is 11.5. The first-order valence-electron chi connectivity index (χ1n) is 4.49. The molecule has 0 aliphatic rings. The van der Waals surface area contributed by atoms with Gasteiger partial charge in [0, 0.05) is 18.6 Å². The minimum atomic E-state index is -0.638. The Morgan fingerprint density at radius 2 is 1.93 bits per heavy atom. The number of hydrogen-bond acceptors (Lipinski definition) is 3. The number of nitrogens with zero attached hydrogens (tertiary/aromatic N) is 1. The number of halogens is 1. The maximum Gasteiger partial charge on any atom is 0.255 e. The van der Waals surface area contributed by atoms with Crippen LogP contribution in [0.4, 0.5) is 0 Å². The Kier molecular flexibility index (Phi) is 4.26. The normalized spacial score (nSPS) is 12.6. The molecule has 1 amide bonds. The van der Waals surface area contributed by atoms with Gasteiger partial charge >= 0.3 is 0 Å². The van der Waals surface area contributed by atoms with E-state index in [4.69, 9.17) is 5.73 Å². The largest absolute Gasteiger partial charge is 0.316 e. The number of benzene rings is 1. The first-order chi connectivity index (χ1) is 7.00. The van der Waals surface area contributed by atoms with Gasteiger partial charge in [-0.2, -0.15) is 0 Å². The van der Waals surface area contributed by atoms with Crippen molar-refractivity contribution >= 4 is 21.8 Å². The molecular formula is C10H14BrN3O. The molecular weight excluding hydrogens is 258 g/mol. The summed E-state index contributed by atoms with van der Waals surface area (Å²) < 4.78 is 0.964. The molecule has 4 nitrogen and oxygen atoms in total. The van der Waals surface area contributed by atoms with E-state index >= 15 is 0 Å². The number of nitrogens with two attached hydrogens (primary N) is 1. The summed E-state index contributed by atoms with van der Waals surface area (Å²) in [5, 5.41) is 1.57. The summed E-state index contributed by atoms with van der Waals surface area (Å²) >= 11 is 3.32. The molecule has 0 heterocycles. The van der Waals surface area contributed by atoms with Gasteiger partial charge in [-0.3, -0.25) is 10.2 Å². The predicted molar refractivity (Wildman–Crippen MR) is 62.9 cm³/mol. The highest BCUT2D eigenvalue weighted by Crippen LogP contribution is 2.15. The third-order valence-corrected chi connectivity index (χ3v) is 2.37. The average Bonchev–Trinajstić information content (AvgIpc) is 2.17. The van der Waals surface area contributed by atoms with E-state index in [0.717, 1.165) is 10.0 Å². The van der Waals surface area contributed by atoms with Crippen molar-refractivity contribution in [1.82, 2.24) is 10.4 Å². The first kappa shape index (κ1) is 12.2. The van der Waals surface area contributed by atoms with Gasteiger partial charge in [0.05, 0.1) is 0 Å². The summed E-state index contributed by atoms with van der Waals surface area (Å²) in [6, 6.07) is 6.73. The summed E-state index contributed by atoms with van der Waals surface area (Å²) in [6.07, 6.45) is 0. The van der Waals surface area contributed by atoms with Gasteiger partial charge in [-0.15, -0.1) is 0 Å². The van der Waals surface area contributed by atoms with Crippen LogP contribution in [0.3, 0.4) is 0 Å². The highest BCUT2D eigenvalue weighted by Gasteiger charge is 2.15. The molecule has 1 atom stereocenters. The van der Waals surface area contributed by atoms with Crippen LogP contribution in [0, 0.1) is 0 Å². The van der Waals surface area contributed by atoms with Crippen LogP contribution in [0.1, 0.15) is 11.6 Å². The van der Waals surface area contributed by atoms with Gasteiger partial charge in [0.1, 0.15) is 6.04 Å². The third-order valence-electron chi connectivity index (χ3n) is 1.85. The number of hydrogen-bond donors (Lipinski definition) is 2. The number of nitrogens with one attached hydrogen (secondary N) is 1. The number of carbonyl (C=O) groups excluding carboxylic acids is 1. The number of carbonyl (C=O) groups is 1. The van der Waals surface area contributed by atoms with E-state index in [1.165, 1.54) is 0 Å². The van der Waals surface area contributed by atoms with Crippen molar-refractivity contribution in [1.29, 1.82) is 0 Å². The molecule has 0 spiro atoms. The maximum absolute atomic E-state index is 11.5. The summed E-state index contributed by atoms with van der Waals surface area (Å²) in [4.78, 5) is 11.5. The Labute approximate surface area is 97.5 Å². The van der Waals surface area contributed by atoms with Crippen LogP contribution in [0.2, 0.25) is 0 Å². The summed E-state index contributed by atoms with van der Waals surface area (Å²) in [5.74, 6) is -0.220. The van der Waals surface area contributed by atoms with Gasteiger partial charge in [0.15, 0.2) is 0 Å². The van der Waals surface area contributed by atoms with E-state index in [2.05, 4.69) is 21.4 Å². The molecule has 82 valence electrons. The summed E-state index contributed by atoms with van der Waals surface area (Å²) in [6.45, 7) is 0. The lowest BCUT2D eigenvalue weighted by Gasteiger charge is -2.16. The Bertz CT molecular complexity index is 337. The molecule has 5 heteroatoms. The zero-order valence-corrected chi connectivity index (χ0v) is 10.3. The van der Waals surface area contributed by atoms with E-state index in [0.29, 0.717) is 0 Å². The molecule has 1 aromatic carbocycles. The highest BCUT2D eigenvalue weighted by molar-refractivity contribution is 9.10. The van der Waals surface area contributed by atoms with Crippen LogP contribution < -0.4 is 11.2 Å². The van der Waals surface area contributed by atoms with Gasteiger partial charge in [-0.25, -0.2) is 5.01 Å². The lowest BCUT2D eigenvalue weighted by molar-refractivity contribution is -0.126. The van der Waals surface area contributed by atoms with E-state index in [1.807, 2.05) is 24.3 Å². The fraction of sp³-hybridized carbons (Fsp3) is 0.300. The van der Waals surface area contributed by atoms with Gasteiger partial charge in [-0.1, -0.05) is 28.1 Å². The van der Waals surface area contributed by atoms with Crippen LogP contribution in [0.25, 0.3) is 0 Å². The quantitative estimate of drug-likeness (QED) is 0.808. The van der Waals surface area contributed by atoms with Crippen molar-refractivity contribution in [2.45, 2.75) is 6.04 Å². The van der Waals surface area contributed by atoms with Gasteiger partial charge in [0.25, 0.3) is 5.91 Å². The van der Waals surface area contributed by atoms with Crippen LogP contribution in [0.15, 0.2) is 28.7 Å². The molecule has 0 saturated carbocycles. The Morgan fingerprint density at radius 1 is 1.40 bits per heavy atom. The molecule has 0 bridgehead atoms. The fourth-order valence-corrected chi connectivity index (χ4v) is 1.38. The molecule has 1 rings (SSSR count). The molecule has 0 saturated heterocycles. The average molecular weight is 272 g/mol. The standard InChI is InChI=1S/C10H14BrN3O/c1-14(2)13-10(15)9(12)7-3-5-8(11)6-4-7/h3-6,9H,12H2,1-2H3,(H,13,15). The topological polar surface area (TPSA) is 58.4 Å². The second-order valence-corrected chi connectivity index (χ2v) is 4.32. The molecule has 0 aromatic heterocycles. The van der Waals surface area contributed by atoms with Crippen molar-refractivity contribution in [3.05, 3.63) is 34.3 Å². The molecule has 3 N–H and O–H groups in total. The zero-order chi connectivity index (χ0) is 11.4. The second kappa shape index (κ2) is 5.25. The molecule has 0 radical (unpaired) electrons. The van der Waals surface area contributed by atoms with E-state index in [-0.39, 0.29) is 5.91 Å². The van der Waals surface area contributed by atoms with Crippen molar-refractivity contribution in [3.8, 4) is 0 Å². The van der Waals surface area contributed by atoms with E-state index < -0.39 is 6.04 Å². The minimum absolute atomic E-state index is 0.220. The SMILES string of the molecule is CN(C)NC(=O)C(N)c1ccc(Br)cc1. The van der Waals surface area contributed by atoms with Gasteiger partial charge < -0.3 is 5.73 Å². The minimum Gasteiger partial charge on any atom is -0.316 e. The molecule has 15 heavy (non-hydrogen) atoms. The van der Waals surface area contributed by atoms with Crippen molar-refractivity contribution in [2.75, 3.05) is 14.1 Å². The lowest BCUT2D eigenvalue weighted by Crippen LogP contribution is -2.41. The fourth-order valence-electron chi connectivity index (χ4n) is 1.11. The van der Waals surface area contributed by atoms with Crippen molar-refractivity contribution < 1.29 is 4.79 Å². The van der Waals surface area contributed by atoms with Crippen LogP contribution in [-0.4, -0.2) is 25.0 Å². The molecule has 1 aromatic rings. The first-order valence-corrected chi connectivity index (χ1v) is 5.29. The highest BCUT2D eigenvalue weighted by atomic mass is 79.9. The predicted octanol–water partition coefficient (Wildman–Crippen LogP) is 1.04. The Hall–Kier alpha value is -0.910. The van der Waals surface area contributed by atoms with Crippen LogP contribution in [0.5, 0.6) is 0 Å². The molecule has 1 unspecified atom stereocenters. The summed E-state index contributed by atoms with van der Waals surface area (Å²) in [7, 11) is 3.48.